The first-order valence-electron chi connectivity index (χ1n) is 4.68. The lowest BCUT2D eigenvalue weighted by molar-refractivity contribution is -0.155. The van der Waals surface area contributed by atoms with Crippen molar-refractivity contribution in [2.75, 3.05) is 0 Å². The van der Waals surface area contributed by atoms with Crippen LogP contribution < -0.4 is 5.32 Å². The molecule has 1 rings (SSSR count). The standard InChI is InChI=1S/C9H15NO4/c1-5(11)6(2)14-9(13)7-3-4-8(12)10-7/h5-7,11H,3-4H2,1-2H3,(H,10,12). The number of esters is 1. The summed E-state index contributed by atoms with van der Waals surface area (Å²) in [7, 11) is 0. The van der Waals surface area contributed by atoms with Gasteiger partial charge < -0.3 is 15.2 Å². The fraction of sp³-hybridized carbons (Fsp3) is 0.778. The Morgan fingerprint density at radius 1 is 1.64 bits per heavy atom. The van der Waals surface area contributed by atoms with Crippen molar-refractivity contribution >= 4 is 11.9 Å². The number of rotatable bonds is 3. The third-order valence-electron chi connectivity index (χ3n) is 2.26. The van der Waals surface area contributed by atoms with Crippen LogP contribution in [0, 0.1) is 0 Å². The number of aliphatic hydroxyl groups excluding tert-OH is 1. The molecule has 0 bridgehead atoms. The van der Waals surface area contributed by atoms with Crippen LogP contribution in [-0.4, -0.2) is 35.2 Å². The number of carbonyl (C=O) groups excluding carboxylic acids is 2. The van der Waals surface area contributed by atoms with Crippen molar-refractivity contribution in [1.29, 1.82) is 0 Å². The third-order valence-corrected chi connectivity index (χ3v) is 2.26. The van der Waals surface area contributed by atoms with E-state index in [9.17, 15) is 9.59 Å². The average molecular weight is 201 g/mol. The van der Waals surface area contributed by atoms with Gasteiger partial charge in [0.25, 0.3) is 0 Å². The summed E-state index contributed by atoms with van der Waals surface area (Å²) in [6, 6.07) is -0.538. The molecule has 0 aromatic carbocycles. The van der Waals surface area contributed by atoms with Gasteiger partial charge in [0.2, 0.25) is 5.91 Å². The molecule has 1 aliphatic heterocycles. The molecule has 2 N–H and O–H groups in total. The molecule has 1 fully saturated rings. The second-order valence-electron chi connectivity index (χ2n) is 3.54. The molecule has 0 spiro atoms. The van der Waals surface area contributed by atoms with E-state index in [-0.39, 0.29) is 5.91 Å². The molecular weight excluding hydrogens is 186 g/mol. The summed E-state index contributed by atoms with van der Waals surface area (Å²) in [5, 5.41) is 11.6. The van der Waals surface area contributed by atoms with E-state index >= 15 is 0 Å². The Kier molecular flexibility index (Phi) is 3.46. The van der Waals surface area contributed by atoms with Crippen molar-refractivity contribution in [3.8, 4) is 0 Å². The van der Waals surface area contributed by atoms with Gasteiger partial charge >= 0.3 is 5.97 Å². The molecule has 0 saturated carbocycles. The summed E-state index contributed by atoms with van der Waals surface area (Å²) in [5.41, 5.74) is 0. The second kappa shape index (κ2) is 4.41. The Bertz CT molecular complexity index is 239. The molecule has 0 aromatic rings. The molecule has 0 aliphatic carbocycles. The molecular formula is C9H15NO4. The average Bonchev–Trinajstić information content (AvgIpc) is 2.51. The number of aliphatic hydroxyl groups is 1. The van der Waals surface area contributed by atoms with E-state index in [1.807, 2.05) is 0 Å². The summed E-state index contributed by atoms with van der Waals surface area (Å²) in [4.78, 5) is 22.2. The van der Waals surface area contributed by atoms with Gasteiger partial charge in [0.15, 0.2) is 0 Å². The molecule has 3 unspecified atom stereocenters. The summed E-state index contributed by atoms with van der Waals surface area (Å²) < 4.78 is 4.94. The van der Waals surface area contributed by atoms with E-state index in [2.05, 4.69) is 5.32 Å². The molecule has 1 heterocycles. The van der Waals surface area contributed by atoms with Crippen LogP contribution in [0.25, 0.3) is 0 Å². The quantitative estimate of drug-likeness (QED) is 0.608. The maximum atomic E-state index is 11.4. The zero-order chi connectivity index (χ0) is 10.7. The van der Waals surface area contributed by atoms with Gasteiger partial charge in [-0.2, -0.15) is 0 Å². The number of carbonyl (C=O) groups is 2. The Morgan fingerprint density at radius 3 is 2.71 bits per heavy atom. The highest BCUT2D eigenvalue weighted by atomic mass is 16.6. The Hall–Kier alpha value is -1.10. The van der Waals surface area contributed by atoms with Gasteiger partial charge in [0.1, 0.15) is 12.1 Å². The second-order valence-corrected chi connectivity index (χ2v) is 3.54. The van der Waals surface area contributed by atoms with E-state index in [0.29, 0.717) is 12.8 Å². The summed E-state index contributed by atoms with van der Waals surface area (Å²) in [6.45, 7) is 3.16. The third kappa shape index (κ3) is 2.70. The minimum Gasteiger partial charge on any atom is -0.458 e. The first-order valence-corrected chi connectivity index (χ1v) is 4.68. The number of hydrogen-bond donors (Lipinski definition) is 2. The van der Waals surface area contributed by atoms with Gasteiger partial charge in [-0.05, 0) is 20.3 Å². The molecule has 5 heteroatoms. The summed E-state index contributed by atoms with van der Waals surface area (Å²) in [5.74, 6) is -0.596. The van der Waals surface area contributed by atoms with Gasteiger partial charge in [-0.1, -0.05) is 0 Å². The van der Waals surface area contributed by atoms with Gasteiger partial charge in [-0.25, -0.2) is 4.79 Å². The summed E-state index contributed by atoms with van der Waals surface area (Å²) in [6.07, 6.45) is -0.399. The lowest BCUT2D eigenvalue weighted by Crippen LogP contribution is -2.38. The van der Waals surface area contributed by atoms with Crippen LogP contribution in [0.2, 0.25) is 0 Å². The fourth-order valence-electron chi connectivity index (χ4n) is 1.15. The van der Waals surface area contributed by atoms with Crippen molar-refractivity contribution in [3.63, 3.8) is 0 Å². The highest BCUT2D eigenvalue weighted by molar-refractivity contribution is 5.88. The van der Waals surface area contributed by atoms with Gasteiger partial charge in [0, 0.05) is 6.42 Å². The highest BCUT2D eigenvalue weighted by Gasteiger charge is 2.30. The van der Waals surface area contributed by atoms with Crippen LogP contribution in [0.5, 0.6) is 0 Å². The number of ether oxygens (including phenoxy) is 1. The number of nitrogens with one attached hydrogen (secondary N) is 1. The molecule has 5 nitrogen and oxygen atoms in total. The van der Waals surface area contributed by atoms with E-state index in [1.54, 1.807) is 13.8 Å². The molecule has 1 aliphatic rings. The largest absolute Gasteiger partial charge is 0.458 e. The van der Waals surface area contributed by atoms with Crippen LogP contribution in [0.4, 0.5) is 0 Å². The van der Waals surface area contributed by atoms with Crippen LogP contribution in [0.1, 0.15) is 26.7 Å². The molecule has 14 heavy (non-hydrogen) atoms. The number of hydrogen-bond acceptors (Lipinski definition) is 4. The lowest BCUT2D eigenvalue weighted by atomic mass is 10.2. The van der Waals surface area contributed by atoms with E-state index < -0.39 is 24.2 Å². The van der Waals surface area contributed by atoms with Crippen molar-refractivity contribution in [3.05, 3.63) is 0 Å². The predicted molar refractivity (Wildman–Crippen MR) is 48.4 cm³/mol. The van der Waals surface area contributed by atoms with Crippen molar-refractivity contribution < 1.29 is 19.4 Å². The first kappa shape index (κ1) is 11.0. The zero-order valence-corrected chi connectivity index (χ0v) is 8.32. The van der Waals surface area contributed by atoms with E-state index in [1.165, 1.54) is 0 Å². The minimum atomic E-state index is -0.698. The lowest BCUT2D eigenvalue weighted by Gasteiger charge is -2.18. The molecule has 3 atom stereocenters. The predicted octanol–water partition coefficient (Wildman–Crippen LogP) is -0.423. The highest BCUT2D eigenvalue weighted by Crippen LogP contribution is 2.10. The van der Waals surface area contributed by atoms with Crippen molar-refractivity contribution in [1.82, 2.24) is 5.32 Å². The topological polar surface area (TPSA) is 75.6 Å². The Balaban J connectivity index is 2.39. The van der Waals surface area contributed by atoms with Crippen LogP contribution in [0.3, 0.4) is 0 Å². The molecule has 1 saturated heterocycles. The molecule has 80 valence electrons. The van der Waals surface area contributed by atoms with Crippen LogP contribution in [0.15, 0.2) is 0 Å². The Morgan fingerprint density at radius 2 is 2.29 bits per heavy atom. The van der Waals surface area contributed by atoms with Crippen LogP contribution >= 0.6 is 0 Å². The summed E-state index contributed by atoms with van der Waals surface area (Å²) >= 11 is 0. The molecule has 1 amide bonds. The maximum Gasteiger partial charge on any atom is 0.329 e. The van der Waals surface area contributed by atoms with E-state index in [4.69, 9.17) is 9.84 Å². The monoisotopic (exact) mass is 201 g/mol. The normalized spacial score (nSPS) is 25.4. The van der Waals surface area contributed by atoms with Crippen LogP contribution in [-0.2, 0) is 14.3 Å². The first-order chi connectivity index (χ1) is 6.50. The van der Waals surface area contributed by atoms with Crippen molar-refractivity contribution in [2.45, 2.75) is 44.9 Å². The number of amides is 1. The smallest absolute Gasteiger partial charge is 0.329 e. The maximum absolute atomic E-state index is 11.4. The molecule has 0 aromatic heterocycles. The van der Waals surface area contributed by atoms with Gasteiger partial charge in [0.05, 0.1) is 6.10 Å². The fourth-order valence-corrected chi connectivity index (χ4v) is 1.15. The van der Waals surface area contributed by atoms with Crippen molar-refractivity contribution in [2.24, 2.45) is 0 Å². The van der Waals surface area contributed by atoms with Gasteiger partial charge in [-0.3, -0.25) is 4.79 Å². The molecule has 0 radical (unpaired) electrons. The minimum absolute atomic E-state index is 0.128. The Labute approximate surface area is 82.4 Å². The SMILES string of the molecule is CC(O)C(C)OC(=O)C1CCC(=O)N1. The van der Waals surface area contributed by atoms with E-state index in [0.717, 1.165) is 0 Å². The zero-order valence-electron chi connectivity index (χ0n) is 8.32. The van der Waals surface area contributed by atoms with Gasteiger partial charge in [-0.15, -0.1) is 0 Å².